The smallest absolute Gasteiger partial charge is 0.330 e. The summed E-state index contributed by atoms with van der Waals surface area (Å²) >= 11 is 1.50. The van der Waals surface area contributed by atoms with Crippen LogP contribution in [0.2, 0.25) is 0 Å². The second-order valence-electron chi connectivity index (χ2n) is 4.91. The average molecular weight is 282 g/mol. The standard InChI is InChI=1S/C14H22N2O2S/c1-2-18-14(17)12(13-15-9-10-19-13)16-11-7-5-3-4-6-8-11/h9-12,16H,2-8H2,1H3. The van der Waals surface area contributed by atoms with Crippen molar-refractivity contribution in [3.63, 3.8) is 0 Å². The van der Waals surface area contributed by atoms with E-state index >= 15 is 0 Å². The minimum absolute atomic E-state index is 0.207. The molecule has 1 saturated carbocycles. The first-order valence-electron chi connectivity index (χ1n) is 7.13. The van der Waals surface area contributed by atoms with E-state index in [1.165, 1.54) is 37.0 Å². The fourth-order valence-corrected chi connectivity index (χ4v) is 3.21. The van der Waals surface area contributed by atoms with Crippen molar-refractivity contribution in [2.45, 2.75) is 57.5 Å². The van der Waals surface area contributed by atoms with Crippen LogP contribution in [0.1, 0.15) is 56.5 Å². The van der Waals surface area contributed by atoms with Crippen molar-refractivity contribution < 1.29 is 9.53 Å². The number of hydrogen-bond acceptors (Lipinski definition) is 5. The van der Waals surface area contributed by atoms with Crippen LogP contribution >= 0.6 is 11.3 Å². The number of rotatable bonds is 5. The molecule has 1 aliphatic carbocycles. The van der Waals surface area contributed by atoms with Crippen LogP contribution in [0, 0.1) is 0 Å². The van der Waals surface area contributed by atoms with E-state index in [0.29, 0.717) is 12.6 Å². The van der Waals surface area contributed by atoms with Gasteiger partial charge in [0.15, 0.2) is 6.04 Å². The third-order valence-electron chi connectivity index (χ3n) is 3.48. The minimum atomic E-state index is -0.400. The highest BCUT2D eigenvalue weighted by Gasteiger charge is 2.27. The SMILES string of the molecule is CCOC(=O)C(NC1CCCCCC1)c1nccs1. The van der Waals surface area contributed by atoms with Crippen LogP contribution < -0.4 is 5.32 Å². The van der Waals surface area contributed by atoms with Crippen LogP contribution in [0.4, 0.5) is 0 Å². The zero-order chi connectivity index (χ0) is 13.5. The summed E-state index contributed by atoms with van der Waals surface area (Å²) in [6.45, 7) is 2.25. The Morgan fingerprint density at radius 3 is 2.79 bits per heavy atom. The predicted molar refractivity (Wildman–Crippen MR) is 76.1 cm³/mol. The maximum Gasteiger partial charge on any atom is 0.330 e. The fraction of sp³-hybridized carbons (Fsp3) is 0.714. The third-order valence-corrected chi connectivity index (χ3v) is 4.32. The maximum atomic E-state index is 12.1. The van der Waals surface area contributed by atoms with Crippen LogP contribution in [0.5, 0.6) is 0 Å². The van der Waals surface area contributed by atoms with Crippen LogP contribution in [-0.4, -0.2) is 23.6 Å². The first-order chi connectivity index (χ1) is 9.31. The highest BCUT2D eigenvalue weighted by atomic mass is 32.1. The van der Waals surface area contributed by atoms with Gasteiger partial charge >= 0.3 is 5.97 Å². The van der Waals surface area contributed by atoms with E-state index in [1.54, 1.807) is 6.20 Å². The van der Waals surface area contributed by atoms with Gasteiger partial charge in [-0.2, -0.15) is 0 Å². The van der Waals surface area contributed by atoms with Gasteiger partial charge in [0.25, 0.3) is 0 Å². The van der Waals surface area contributed by atoms with Gasteiger partial charge in [-0.15, -0.1) is 11.3 Å². The summed E-state index contributed by atoms with van der Waals surface area (Å²) in [5.74, 6) is -0.207. The topological polar surface area (TPSA) is 51.2 Å². The largest absolute Gasteiger partial charge is 0.465 e. The highest BCUT2D eigenvalue weighted by Crippen LogP contribution is 2.23. The number of thiazole rings is 1. The molecule has 4 nitrogen and oxygen atoms in total. The molecule has 106 valence electrons. The van der Waals surface area contributed by atoms with Gasteiger partial charge in [-0.3, -0.25) is 5.32 Å². The summed E-state index contributed by atoms with van der Waals surface area (Å²) in [5.41, 5.74) is 0. The van der Waals surface area contributed by atoms with E-state index in [1.807, 2.05) is 12.3 Å². The van der Waals surface area contributed by atoms with Crippen LogP contribution in [0.15, 0.2) is 11.6 Å². The molecule has 1 unspecified atom stereocenters. The molecule has 0 aliphatic heterocycles. The molecule has 1 aliphatic rings. The van der Waals surface area contributed by atoms with Gasteiger partial charge < -0.3 is 4.74 Å². The Labute approximate surface area is 118 Å². The third kappa shape index (κ3) is 4.28. The van der Waals surface area contributed by atoms with Crippen molar-refractivity contribution in [3.05, 3.63) is 16.6 Å². The molecule has 1 atom stereocenters. The van der Waals surface area contributed by atoms with Crippen molar-refractivity contribution >= 4 is 17.3 Å². The zero-order valence-corrected chi connectivity index (χ0v) is 12.2. The summed E-state index contributed by atoms with van der Waals surface area (Å²) in [6, 6.07) is 0.00357. The van der Waals surface area contributed by atoms with E-state index in [0.717, 1.165) is 17.8 Å². The quantitative estimate of drug-likeness (QED) is 0.666. The molecular weight excluding hydrogens is 260 g/mol. The second-order valence-corrected chi connectivity index (χ2v) is 5.84. The Balaban J connectivity index is 2.02. The summed E-state index contributed by atoms with van der Waals surface area (Å²) in [6.07, 6.45) is 9.11. The van der Waals surface area contributed by atoms with Gasteiger partial charge in [0, 0.05) is 17.6 Å². The summed E-state index contributed by atoms with van der Waals surface area (Å²) in [7, 11) is 0. The molecule has 0 spiro atoms. The molecule has 0 amide bonds. The number of carbonyl (C=O) groups excluding carboxylic acids is 1. The van der Waals surface area contributed by atoms with Gasteiger partial charge in [-0.05, 0) is 19.8 Å². The molecule has 1 aromatic rings. The number of nitrogens with one attached hydrogen (secondary N) is 1. The molecule has 2 rings (SSSR count). The van der Waals surface area contributed by atoms with Crippen molar-refractivity contribution in [1.29, 1.82) is 0 Å². The molecule has 1 fully saturated rings. The Hall–Kier alpha value is -0.940. The zero-order valence-electron chi connectivity index (χ0n) is 11.4. The van der Waals surface area contributed by atoms with Crippen LogP contribution in [0.3, 0.4) is 0 Å². The lowest BCUT2D eigenvalue weighted by molar-refractivity contribution is -0.146. The van der Waals surface area contributed by atoms with E-state index < -0.39 is 6.04 Å². The summed E-state index contributed by atoms with van der Waals surface area (Å²) in [5, 5.41) is 6.16. The molecular formula is C14H22N2O2S. The number of aromatic nitrogens is 1. The van der Waals surface area contributed by atoms with Crippen LogP contribution in [0.25, 0.3) is 0 Å². The van der Waals surface area contributed by atoms with E-state index in [-0.39, 0.29) is 5.97 Å². The molecule has 0 bridgehead atoms. The van der Waals surface area contributed by atoms with Crippen molar-refractivity contribution in [2.75, 3.05) is 6.61 Å². The summed E-state index contributed by atoms with van der Waals surface area (Å²) in [4.78, 5) is 16.3. The monoisotopic (exact) mass is 282 g/mol. The first kappa shape index (κ1) is 14.5. The molecule has 0 aromatic carbocycles. The van der Waals surface area contributed by atoms with Gasteiger partial charge in [0.2, 0.25) is 0 Å². The predicted octanol–water partition coefficient (Wildman–Crippen LogP) is 3.06. The van der Waals surface area contributed by atoms with Crippen LogP contribution in [-0.2, 0) is 9.53 Å². The Morgan fingerprint density at radius 1 is 1.47 bits per heavy atom. The number of carbonyl (C=O) groups is 1. The lowest BCUT2D eigenvalue weighted by atomic mass is 10.1. The molecule has 0 saturated heterocycles. The number of esters is 1. The van der Waals surface area contributed by atoms with E-state index in [4.69, 9.17) is 4.74 Å². The summed E-state index contributed by atoms with van der Waals surface area (Å²) < 4.78 is 5.17. The maximum absolute atomic E-state index is 12.1. The molecule has 5 heteroatoms. The Morgan fingerprint density at radius 2 is 2.21 bits per heavy atom. The molecule has 1 aromatic heterocycles. The first-order valence-corrected chi connectivity index (χ1v) is 8.01. The lowest BCUT2D eigenvalue weighted by Gasteiger charge is -2.22. The minimum Gasteiger partial charge on any atom is -0.465 e. The Bertz CT molecular complexity index is 373. The second kappa shape index (κ2) is 7.60. The van der Waals surface area contributed by atoms with Crippen molar-refractivity contribution in [3.8, 4) is 0 Å². The average Bonchev–Trinajstić information content (AvgIpc) is 2.80. The van der Waals surface area contributed by atoms with Crippen molar-refractivity contribution in [1.82, 2.24) is 10.3 Å². The number of hydrogen-bond donors (Lipinski definition) is 1. The van der Waals surface area contributed by atoms with Crippen molar-refractivity contribution in [2.24, 2.45) is 0 Å². The van der Waals surface area contributed by atoms with Gasteiger partial charge in [0.05, 0.1) is 6.61 Å². The fourth-order valence-electron chi connectivity index (χ4n) is 2.52. The van der Waals surface area contributed by atoms with Gasteiger partial charge in [0.1, 0.15) is 5.01 Å². The normalized spacial score (nSPS) is 18.8. The number of ether oxygens (including phenoxy) is 1. The Kier molecular flexibility index (Phi) is 5.79. The number of nitrogens with zero attached hydrogens (tertiary/aromatic N) is 1. The molecule has 19 heavy (non-hydrogen) atoms. The lowest BCUT2D eigenvalue weighted by Crippen LogP contribution is -2.37. The molecule has 1 N–H and O–H groups in total. The highest BCUT2D eigenvalue weighted by molar-refractivity contribution is 7.09. The van der Waals surface area contributed by atoms with Gasteiger partial charge in [-0.1, -0.05) is 25.7 Å². The molecule has 0 radical (unpaired) electrons. The van der Waals surface area contributed by atoms with E-state index in [2.05, 4.69) is 10.3 Å². The van der Waals surface area contributed by atoms with E-state index in [9.17, 15) is 4.79 Å². The van der Waals surface area contributed by atoms with Gasteiger partial charge in [-0.25, -0.2) is 9.78 Å². The molecule has 1 heterocycles.